The standard InChI is InChI=1S/C13H16N2OS2/c1-8-6-17-13(14-8)18-7-12(16)11-5-9(2)15(4)10(11)3/h5-6H,7H2,1-4H3. The number of rotatable bonds is 4. The second-order valence-electron chi connectivity index (χ2n) is 4.31. The Morgan fingerprint density at radius 1 is 1.44 bits per heavy atom. The summed E-state index contributed by atoms with van der Waals surface area (Å²) in [4.78, 5) is 16.5. The highest BCUT2D eigenvalue weighted by Crippen LogP contribution is 2.24. The fourth-order valence-corrected chi connectivity index (χ4v) is 3.47. The molecule has 2 heterocycles. The lowest BCUT2D eigenvalue weighted by Crippen LogP contribution is -2.04. The first-order valence-corrected chi connectivity index (χ1v) is 7.56. The molecule has 0 amide bonds. The molecule has 5 heteroatoms. The van der Waals surface area contributed by atoms with Crippen molar-refractivity contribution in [3.8, 4) is 0 Å². The van der Waals surface area contributed by atoms with Crippen molar-refractivity contribution in [2.45, 2.75) is 25.1 Å². The summed E-state index contributed by atoms with van der Waals surface area (Å²) in [5.41, 5.74) is 4.00. The molecule has 0 unspecified atom stereocenters. The van der Waals surface area contributed by atoms with Crippen molar-refractivity contribution in [1.29, 1.82) is 0 Å². The topological polar surface area (TPSA) is 34.9 Å². The first-order valence-electron chi connectivity index (χ1n) is 5.70. The van der Waals surface area contributed by atoms with Gasteiger partial charge in [0.1, 0.15) is 0 Å². The van der Waals surface area contributed by atoms with Crippen molar-refractivity contribution in [3.63, 3.8) is 0 Å². The highest BCUT2D eigenvalue weighted by atomic mass is 32.2. The molecule has 0 aromatic carbocycles. The fraction of sp³-hybridized carbons (Fsp3) is 0.385. The molecular formula is C13H16N2OS2. The van der Waals surface area contributed by atoms with Crippen LogP contribution in [0.5, 0.6) is 0 Å². The number of thiazole rings is 1. The number of nitrogens with zero attached hydrogens (tertiary/aromatic N) is 2. The fourth-order valence-electron chi connectivity index (χ4n) is 1.74. The highest BCUT2D eigenvalue weighted by molar-refractivity contribution is 8.01. The third kappa shape index (κ3) is 2.67. The van der Waals surface area contributed by atoms with Crippen LogP contribution in [0.1, 0.15) is 27.4 Å². The summed E-state index contributed by atoms with van der Waals surface area (Å²) in [5.74, 6) is 0.631. The second kappa shape index (κ2) is 5.28. The van der Waals surface area contributed by atoms with Crippen LogP contribution in [0.3, 0.4) is 0 Å². The monoisotopic (exact) mass is 280 g/mol. The van der Waals surface area contributed by atoms with Crippen molar-refractivity contribution < 1.29 is 4.79 Å². The van der Waals surface area contributed by atoms with E-state index in [4.69, 9.17) is 0 Å². The predicted molar refractivity (Wildman–Crippen MR) is 76.8 cm³/mol. The van der Waals surface area contributed by atoms with Gasteiger partial charge < -0.3 is 4.57 Å². The van der Waals surface area contributed by atoms with E-state index in [1.165, 1.54) is 11.8 Å². The minimum Gasteiger partial charge on any atom is -0.351 e. The normalized spacial score (nSPS) is 10.9. The summed E-state index contributed by atoms with van der Waals surface area (Å²) in [6.07, 6.45) is 0. The molecule has 0 radical (unpaired) electrons. The van der Waals surface area contributed by atoms with Gasteiger partial charge in [-0.3, -0.25) is 4.79 Å². The first-order chi connectivity index (χ1) is 8.49. The lowest BCUT2D eigenvalue weighted by molar-refractivity contribution is 0.102. The summed E-state index contributed by atoms with van der Waals surface area (Å²) < 4.78 is 3.01. The van der Waals surface area contributed by atoms with Crippen LogP contribution in [-0.2, 0) is 7.05 Å². The maximum absolute atomic E-state index is 12.2. The van der Waals surface area contributed by atoms with Gasteiger partial charge >= 0.3 is 0 Å². The molecule has 2 aromatic heterocycles. The molecule has 96 valence electrons. The van der Waals surface area contributed by atoms with Gasteiger partial charge in [-0.25, -0.2) is 4.98 Å². The van der Waals surface area contributed by atoms with E-state index in [1.807, 2.05) is 43.8 Å². The van der Waals surface area contributed by atoms with Crippen molar-refractivity contribution >= 4 is 28.9 Å². The van der Waals surface area contributed by atoms with Crippen molar-refractivity contribution in [1.82, 2.24) is 9.55 Å². The van der Waals surface area contributed by atoms with Crippen LogP contribution in [0, 0.1) is 20.8 Å². The quantitative estimate of drug-likeness (QED) is 0.636. The van der Waals surface area contributed by atoms with Crippen LogP contribution in [-0.4, -0.2) is 21.1 Å². The van der Waals surface area contributed by atoms with E-state index in [9.17, 15) is 4.79 Å². The van der Waals surface area contributed by atoms with Gasteiger partial charge in [-0.1, -0.05) is 11.8 Å². The maximum Gasteiger partial charge on any atom is 0.174 e. The average molecular weight is 280 g/mol. The average Bonchev–Trinajstić information content (AvgIpc) is 2.86. The number of hydrogen-bond acceptors (Lipinski definition) is 4. The Morgan fingerprint density at radius 2 is 2.17 bits per heavy atom. The number of Topliss-reactive ketones (excluding diaryl/α,β-unsaturated/α-hetero) is 1. The van der Waals surface area contributed by atoms with E-state index in [0.29, 0.717) is 5.75 Å². The van der Waals surface area contributed by atoms with Gasteiger partial charge in [-0.15, -0.1) is 11.3 Å². The van der Waals surface area contributed by atoms with E-state index >= 15 is 0 Å². The lowest BCUT2D eigenvalue weighted by atomic mass is 10.2. The second-order valence-corrected chi connectivity index (χ2v) is 6.39. The molecule has 2 rings (SSSR count). The SMILES string of the molecule is Cc1csc(SCC(=O)c2cc(C)n(C)c2C)n1. The van der Waals surface area contributed by atoms with E-state index in [0.717, 1.165) is 27.0 Å². The third-order valence-corrected chi connectivity index (χ3v) is 5.14. The third-order valence-electron chi connectivity index (χ3n) is 3.00. The van der Waals surface area contributed by atoms with Crippen LogP contribution in [0.4, 0.5) is 0 Å². The molecule has 0 saturated heterocycles. The van der Waals surface area contributed by atoms with Gasteiger partial charge in [0.15, 0.2) is 10.1 Å². The van der Waals surface area contributed by atoms with E-state index in [-0.39, 0.29) is 5.78 Å². The number of hydrogen-bond donors (Lipinski definition) is 0. The highest BCUT2D eigenvalue weighted by Gasteiger charge is 2.14. The molecular weight excluding hydrogens is 264 g/mol. The van der Waals surface area contributed by atoms with Crippen molar-refractivity contribution in [3.05, 3.63) is 34.1 Å². The van der Waals surface area contributed by atoms with Gasteiger partial charge in [-0.2, -0.15) is 0 Å². The Kier molecular flexibility index (Phi) is 3.92. The molecule has 0 fully saturated rings. The molecule has 0 aliphatic heterocycles. The first kappa shape index (κ1) is 13.4. The van der Waals surface area contributed by atoms with Crippen LogP contribution in [0.25, 0.3) is 0 Å². The van der Waals surface area contributed by atoms with Gasteiger partial charge in [0.25, 0.3) is 0 Å². The summed E-state index contributed by atoms with van der Waals surface area (Å²) in [5, 5.41) is 2.00. The molecule has 0 atom stereocenters. The zero-order valence-electron chi connectivity index (χ0n) is 11.0. The summed E-state index contributed by atoms with van der Waals surface area (Å²) in [7, 11) is 1.98. The molecule has 0 bridgehead atoms. The smallest absolute Gasteiger partial charge is 0.174 e. The molecule has 2 aromatic rings. The van der Waals surface area contributed by atoms with Crippen LogP contribution in [0.15, 0.2) is 15.8 Å². The Balaban J connectivity index is 2.06. The van der Waals surface area contributed by atoms with E-state index < -0.39 is 0 Å². The Bertz CT molecular complexity index is 584. The lowest BCUT2D eigenvalue weighted by Gasteiger charge is -2.01. The Morgan fingerprint density at radius 3 is 2.67 bits per heavy atom. The van der Waals surface area contributed by atoms with Gasteiger partial charge in [0.05, 0.1) is 5.75 Å². The largest absolute Gasteiger partial charge is 0.351 e. The van der Waals surface area contributed by atoms with Crippen LogP contribution >= 0.6 is 23.1 Å². The number of aromatic nitrogens is 2. The molecule has 0 N–H and O–H groups in total. The van der Waals surface area contributed by atoms with Gasteiger partial charge in [0.2, 0.25) is 0 Å². The number of thioether (sulfide) groups is 1. The molecule has 0 saturated carbocycles. The van der Waals surface area contributed by atoms with Crippen LogP contribution in [0.2, 0.25) is 0 Å². The molecule has 0 spiro atoms. The van der Waals surface area contributed by atoms with Crippen LogP contribution < -0.4 is 0 Å². The zero-order chi connectivity index (χ0) is 13.3. The molecule has 0 aliphatic rings. The molecule has 3 nitrogen and oxygen atoms in total. The summed E-state index contributed by atoms with van der Waals surface area (Å²) >= 11 is 3.11. The van der Waals surface area contributed by atoms with Crippen molar-refractivity contribution in [2.24, 2.45) is 7.05 Å². The number of carbonyl (C=O) groups excluding carboxylic acids is 1. The van der Waals surface area contributed by atoms with Gasteiger partial charge in [-0.05, 0) is 26.8 Å². The number of ketones is 1. The minimum atomic E-state index is 0.175. The van der Waals surface area contributed by atoms with Crippen molar-refractivity contribution in [2.75, 3.05) is 5.75 Å². The minimum absolute atomic E-state index is 0.175. The predicted octanol–water partition coefficient (Wildman–Crippen LogP) is 3.38. The van der Waals surface area contributed by atoms with E-state index in [1.54, 1.807) is 11.3 Å². The summed E-state index contributed by atoms with van der Waals surface area (Å²) in [6.45, 7) is 5.96. The maximum atomic E-state index is 12.2. The Labute approximate surface area is 115 Å². The molecule has 0 aliphatic carbocycles. The van der Waals surface area contributed by atoms with Gasteiger partial charge in [0, 0.05) is 35.1 Å². The number of carbonyl (C=O) groups is 1. The number of aryl methyl sites for hydroxylation is 2. The van der Waals surface area contributed by atoms with E-state index in [2.05, 4.69) is 4.98 Å². The summed E-state index contributed by atoms with van der Waals surface area (Å²) in [6, 6.07) is 1.96. The Hall–Kier alpha value is -1.07. The molecule has 18 heavy (non-hydrogen) atoms. The zero-order valence-corrected chi connectivity index (χ0v) is 12.6.